The molecule has 1 N–H and O–H groups in total. The van der Waals surface area contributed by atoms with Crippen molar-refractivity contribution in [3.8, 4) is 0 Å². The topological polar surface area (TPSA) is 35.6 Å². The van der Waals surface area contributed by atoms with Crippen LogP contribution in [0.1, 0.15) is 43.7 Å². The van der Waals surface area contributed by atoms with Gasteiger partial charge in [0.2, 0.25) is 5.91 Å². The van der Waals surface area contributed by atoms with Crippen molar-refractivity contribution in [3.63, 3.8) is 0 Å². The highest BCUT2D eigenvalue weighted by atomic mass is 19.1. The van der Waals surface area contributed by atoms with Crippen molar-refractivity contribution in [2.24, 2.45) is 0 Å². The van der Waals surface area contributed by atoms with E-state index in [0.29, 0.717) is 0 Å². The molecule has 4 nitrogen and oxygen atoms in total. The van der Waals surface area contributed by atoms with Gasteiger partial charge in [0, 0.05) is 25.6 Å². The predicted octanol–water partition coefficient (Wildman–Crippen LogP) is 3.73. The monoisotopic (exact) mass is 413 g/mol. The van der Waals surface area contributed by atoms with Crippen LogP contribution in [0.25, 0.3) is 0 Å². The first kappa shape index (κ1) is 20.9. The number of nitrogens with zero attached hydrogens (tertiary/aromatic N) is 2. The molecule has 2 aromatic carbocycles. The second kappa shape index (κ2) is 8.44. The van der Waals surface area contributed by atoms with Crippen molar-refractivity contribution < 1.29 is 13.6 Å². The molecule has 4 rings (SSSR count). The van der Waals surface area contributed by atoms with E-state index in [4.69, 9.17) is 0 Å². The first-order valence-electron chi connectivity index (χ1n) is 10.7. The van der Waals surface area contributed by atoms with Gasteiger partial charge in [-0.15, -0.1) is 0 Å². The number of nitrogens with one attached hydrogen (secondary N) is 1. The van der Waals surface area contributed by atoms with Gasteiger partial charge in [-0.25, -0.2) is 8.78 Å². The van der Waals surface area contributed by atoms with E-state index in [9.17, 15) is 13.6 Å². The zero-order valence-electron chi connectivity index (χ0n) is 17.6. The van der Waals surface area contributed by atoms with E-state index in [1.54, 1.807) is 0 Å². The lowest BCUT2D eigenvalue weighted by atomic mass is 9.87. The number of hydrogen-bond acceptors (Lipinski definition) is 3. The highest BCUT2D eigenvalue weighted by Crippen LogP contribution is 2.31. The fraction of sp³-hybridized carbons (Fsp3) is 0.458. The van der Waals surface area contributed by atoms with E-state index in [1.807, 2.05) is 24.3 Å². The SMILES string of the molecule is CC1(C)NC(=O)C2CN(CCCC(c3ccc(F)cc3)c3ccc(F)cc3)CCN21. The number of piperazine rings is 1. The highest BCUT2D eigenvalue weighted by Gasteiger charge is 2.47. The minimum Gasteiger partial charge on any atom is -0.337 e. The third-order valence-electron chi connectivity index (χ3n) is 6.43. The van der Waals surface area contributed by atoms with Crippen LogP contribution in [0.3, 0.4) is 0 Å². The van der Waals surface area contributed by atoms with Crippen LogP contribution in [0.5, 0.6) is 0 Å². The first-order valence-corrected chi connectivity index (χ1v) is 10.7. The average molecular weight is 414 g/mol. The molecule has 2 aromatic rings. The van der Waals surface area contributed by atoms with Gasteiger partial charge in [0.05, 0.1) is 5.66 Å². The van der Waals surface area contributed by atoms with E-state index < -0.39 is 0 Å². The zero-order valence-corrected chi connectivity index (χ0v) is 17.6. The summed E-state index contributed by atoms with van der Waals surface area (Å²) < 4.78 is 26.8. The molecular formula is C24H29F2N3O. The summed E-state index contributed by atoms with van der Waals surface area (Å²) in [6.07, 6.45) is 1.82. The Balaban J connectivity index is 1.40. The molecule has 2 fully saturated rings. The number of rotatable bonds is 6. The second-order valence-corrected chi connectivity index (χ2v) is 8.86. The molecular weight excluding hydrogens is 384 g/mol. The second-order valence-electron chi connectivity index (χ2n) is 8.86. The Bertz CT molecular complexity index is 837. The molecule has 6 heteroatoms. The third kappa shape index (κ3) is 4.40. The Morgan fingerprint density at radius 3 is 2.13 bits per heavy atom. The van der Waals surface area contributed by atoms with Gasteiger partial charge in [-0.3, -0.25) is 14.6 Å². The Labute approximate surface area is 176 Å². The van der Waals surface area contributed by atoms with E-state index in [0.717, 1.165) is 50.1 Å². The quantitative estimate of drug-likeness (QED) is 0.784. The number of carbonyl (C=O) groups excluding carboxylic acids is 1. The van der Waals surface area contributed by atoms with E-state index in [-0.39, 0.29) is 35.2 Å². The number of halogens is 2. The number of hydrogen-bond donors (Lipinski definition) is 1. The molecule has 1 amide bonds. The summed E-state index contributed by atoms with van der Waals surface area (Å²) in [6, 6.07) is 13.1. The molecule has 2 aliphatic rings. The van der Waals surface area contributed by atoms with Crippen molar-refractivity contribution in [1.29, 1.82) is 0 Å². The number of fused-ring (bicyclic) bond motifs is 1. The summed E-state index contributed by atoms with van der Waals surface area (Å²) in [7, 11) is 0. The van der Waals surface area contributed by atoms with Crippen LogP contribution in [-0.4, -0.2) is 53.6 Å². The van der Waals surface area contributed by atoms with Crippen molar-refractivity contribution in [1.82, 2.24) is 15.1 Å². The normalized spacial score (nSPS) is 21.6. The number of amides is 1. The van der Waals surface area contributed by atoms with Crippen molar-refractivity contribution in [2.45, 2.75) is 44.3 Å². The fourth-order valence-electron chi connectivity index (χ4n) is 4.83. The lowest BCUT2D eigenvalue weighted by molar-refractivity contribution is -0.122. The molecule has 30 heavy (non-hydrogen) atoms. The zero-order chi connectivity index (χ0) is 21.3. The summed E-state index contributed by atoms with van der Waals surface area (Å²) in [5.74, 6) is -0.319. The molecule has 0 aliphatic carbocycles. The summed E-state index contributed by atoms with van der Waals surface area (Å²) >= 11 is 0. The summed E-state index contributed by atoms with van der Waals surface area (Å²) in [5.41, 5.74) is 1.79. The maximum Gasteiger partial charge on any atom is 0.240 e. The van der Waals surface area contributed by atoms with Gasteiger partial charge in [-0.1, -0.05) is 24.3 Å². The largest absolute Gasteiger partial charge is 0.337 e. The van der Waals surface area contributed by atoms with E-state index in [1.165, 1.54) is 24.3 Å². The Kier molecular flexibility index (Phi) is 5.89. The molecule has 0 radical (unpaired) electrons. The molecule has 0 bridgehead atoms. The van der Waals surface area contributed by atoms with Crippen LogP contribution in [0.15, 0.2) is 48.5 Å². The van der Waals surface area contributed by atoms with Crippen LogP contribution < -0.4 is 5.32 Å². The Morgan fingerprint density at radius 1 is 1.00 bits per heavy atom. The molecule has 0 aromatic heterocycles. The lowest BCUT2D eigenvalue weighted by Crippen LogP contribution is -2.57. The maximum atomic E-state index is 13.4. The number of benzene rings is 2. The van der Waals surface area contributed by atoms with Crippen molar-refractivity contribution in [2.75, 3.05) is 26.2 Å². The summed E-state index contributed by atoms with van der Waals surface area (Å²) in [6.45, 7) is 7.56. The third-order valence-corrected chi connectivity index (χ3v) is 6.43. The van der Waals surface area contributed by atoms with Gasteiger partial charge >= 0.3 is 0 Å². The maximum absolute atomic E-state index is 13.4. The van der Waals surface area contributed by atoms with Gasteiger partial charge in [-0.2, -0.15) is 0 Å². The summed E-state index contributed by atoms with van der Waals surface area (Å²) in [4.78, 5) is 16.9. The van der Waals surface area contributed by atoms with Crippen molar-refractivity contribution in [3.05, 3.63) is 71.3 Å². The van der Waals surface area contributed by atoms with Gasteiger partial charge < -0.3 is 5.32 Å². The molecule has 0 saturated carbocycles. The van der Waals surface area contributed by atoms with Crippen molar-refractivity contribution >= 4 is 5.91 Å². The molecule has 0 spiro atoms. The molecule has 2 aliphatic heterocycles. The number of carbonyl (C=O) groups is 1. The van der Waals surface area contributed by atoms with Gasteiger partial charge in [0.15, 0.2) is 0 Å². The lowest BCUT2D eigenvalue weighted by Gasteiger charge is -2.41. The van der Waals surface area contributed by atoms with Crippen LogP contribution in [0, 0.1) is 11.6 Å². The minimum atomic E-state index is -0.274. The smallest absolute Gasteiger partial charge is 0.240 e. The Morgan fingerprint density at radius 2 is 1.57 bits per heavy atom. The molecule has 1 unspecified atom stereocenters. The molecule has 2 saturated heterocycles. The van der Waals surface area contributed by atoms with Gasteiger partial charge in [0.25, 0.3) is 0 Å². The summed E-state index contributed by atoms with van der Waals surface area (Å²) in [5, 5.41) is 3.08. The van der Waals surface area contributed by atoms with Gasteiger partial charge in [-0.05, 0) is 68.6 Å². The standard InChI is InChI=1S/C24H29F2N3O/c1-24(2)27-23(30)22-16-28(14-15-29(22)24)13-3-4-21(17-5-9-19(25)10-6-17)18-7-11-20(26)12-8-18/h5-12,21-22H,3-4,13-16H2,1-2H3,(H,27,30). The van der Waals surface area contributed by atoms with Gasteiger partial charge in [0.1, 0.15) is 17.7 Å². The van der Waals surface area contributed by atoms with Crippen LogP contribution >= 0.6 is 0 Å². The molecule has 160 valence electrons. The molecule has 2 heterocycles. The highest BCUT2D eigenvalue weighted by molar-refractivity contribution is 5.85. The molecule has 1 atom stereocenters. The van der Waals surface area contributed by atoms with E-state index in [2.05, 4.69) is 29.0 Å². The Hall–Kier alpha value is -2.31. The fourth-order valence-corrected chi connectivity index (χ4v) is 4.83. The predicted molar refractivity (Wildman–Crippen MR) is 113 cm³/mol. The minimum absolute atomic E-state index is 0.0844. The van der Waals surface area contributed by atoms with Crippen LogP contribution in [0.2, 0.25) is 0 Å². The van der Waals surface area contributed by atoms with Crippen LogP contribution in [-0.2, 0) is 4.79 Å². The van der Waals surface area contributed by atoms with E-state index >= 15 is 0 Å². The van der Waals surface area contributed by atoms with Crippen LogP contribution in [0.4, 0.5) is 8.78 Å². The average Bonchev–Trinajstić information content (AvgIpc) is 2.95. The first-order chi connectivity index (χ1) is 14.3.